The number of anilines is 3. The third kappa shape index (κ3) is 9.19. The van der Waals surface area contributed by atoms with Crippen molar-refractivity contribution in [3.63, 3.8) is 0 Å². The standard InChI is InChI=1S/C35H35ClFN5O6/c1-44-34(45-2)19-39-11-4-7-33(43)42-30-15-27-29(16-32(30)48-26-10-12-46-21-26)40-18-23(17-38)35(27)41-25-8-9-31(28(36)14-25)47-20-22-5-3-6-24(37)13-22/h3-9,13-16,18,26,34,39H,10-12,19-21H2,1-2H3,(H,40,41)(H,42,43)/b7-4+. The van der Waals surface area contributed by atoms with Gasteiger partial charge in [-0.3, -0.25) is 9.78 Å². The topological polar surface area (TPSA) is 136 Å². The number of pyridine rings is 1. The van der Waals surface area contributed by atoms with Gasteiger partial charge in [0, 0.05) is 63.1 Å². The molecule has 1 atom stereocenters. The predicted octanol–water partition coefficient (Wildman–Crippen LogP) is 6.09. The highest BCUT2D eigenvalue weighted by Gasteiger charge is 2.21. The molecule has 1 saturated heterocycles. The smallest absolute Gasteiger partial charge is 0.248 e. The number of rotatable bonds is 15. The molecule has 1 aromatic heterocycles. The van der Waals surface area contributed by atoms with Crippen molar-refractivity contribution in [2.75, 3.05) is 51.2 Å². The number of hydrogen-bond acceptors (Lipinski definition) is 10. The van der Waals surface area contributed by atoms with Gasteiger partial charge in [0.05, 0.1) is 40.7 Å². The van der Waals surface area contributed by atoms with Crippen LogP contribution in [0.3, 0.4) is 0 Å². The SMILES string of the molecule is COC(CNC/C=C/C(=O)Nc1cc2c(Nc3ccc(OCc4cccc(F)c4)c(Cl)c3)c(C#N)cnc2cc1OC1CCOC1)OC. The first-order valence-corrected chi connectivity index (χ1v) is 15.5. The number of methoxy groups -OCH3 is 2. The summed E-state index contributed by atoms with van der Waals surface area (Å²) in [5, 5.41) is 20.2. The van der Waals surface area contributed by atoms with E-state index in [4.69, 9.17) is 35.3 Å². The average Bonchev–Trinajstić information content (AvgIpc) is 3.60. The summed E-state index contributed by atoms with van der Waals surface area (Å²) in [4.78, 5) is 17.5. The van der Waals surface area contributed by atoms with Gasteiger partial charge in [0.2, 0.25) is 5.91 Å². The minimum Gasteiger partial charge on any atom is -0.487 e. The van der Waals surface area contributed by atoms with Crippen molar-refractivity contribution in [2.45, 2.75) is 25.4 Å². The number of ether oxygens (including phenoxy) is 5. The highest BCUT2D eigenvalue weighted by molar-refractivity contribution is 6.32. The maximum absolute atomic E-state index is 13.6. The van der Waals surface area contributed by atoms with Crippen molar-refractivity contribution in [3.05, 3.63) is 94.9 Å². The molecule has 3 aromatic carbocycles. The summed E-state index contributed by atoms with van der Waals surface area (Å²) in [5.74, 6) is 0.108. The third-order valence-electron chi connectivity index (χ3n) is 7.38. The van der Waals surface area contributed by atoms with Crippen LogP contribution in [-0.2, 0) is 25.6 Å². The summed E-state index contributed by atoms with van der Waals surface area (Å²) < 4.78 is 41.4. The lowest BCUT2D eigenvalue weighted by Crippen LogP contribution is -2.29. The van der Waals surface area contributed by atoms with E-state index >= 15 is 0 Å². The Morgan fingerprint density at radius 2 is 2.04 bits per heavy atom. The zero-order chi connectivity index (χ0) is 33.9. The Bertz CT molecular complexity index is 1810. The van der Waals surface area contributed by atoms with Crippen LogP contribution in [0.2, 0.25) is 5.02 Å². The molecule has 0 radical (unpaired) electrons. The largest absolute Gasteiger partial charge is 0.487 e. The molecule has 1 unspecified atom stereocenters. The molecule has 1 aliphatic heterocycles. The molecule has 0 spiro atoms. The normalized spacial score (nSPS) is 14.4. The Balaban J connectivity index is 1.39. The third-order valence-corrected chi connectivity index (χ3v) is 7.68. The second kappa shape index (κ2) is 16.9. The molecule has 1 aliphatic rings. The van der Waals surface area contributed by atoms with Gasteiger partial charge in [-0.2, -0.15) is 5.26 Å². The fraction of sp³-hybridized carbons (Fsp3) is 0.286. The van der Waals surface area contributed by atoms with Crippen molar-refractivity contribution in [2.24, 2.45) is 0 Å². The fourth-order valence-electron chi connectivity index (χ4n) is 4.94. The second-order valence-corrected chi connectivity index (χ2v) is 11.2. The number of aromatic nitrogens is 1. The lowest BCUT2D eigenvalue weighted by Gasteiger charge is -2.19. The van der Waals surface area contributed by atoms with Gasteiger partial charge in [0.1, 0.15) is 36.1 Å². The van der Waals surface area contributed by atoms with Crippen LogP contribution >= 0.6 is 11.6 Å². The Hall–Kier alpha value is -4.77. The molecule has 250 valence electrons. The Kier molecular flexibility index (Phi) is 12.1. The van der Waals surface area contributed by atoms with E-state index in [1.54, 1.807) is 62.8 Å². The van der Waals surface area contributed by atoms with Gasteiger partial charge in [-0.15, -0.1) is 0 Å². The summed E-state index contributed by atoms with van der Waals surface area (Å²) in [6.45, 7) is 2.01. The van der Waals surface area contributed by atoms with Crippen LogP contribution in [0.4, 0.5) is 21.5 Å². The summed E-state index contributed by atoms with van der Waals surface area (Å²) >= 11 is 6.55. The molecule has 11 nitrogen and oxygen atoms in total. The predicted molar refractivity (Wildman–Crippen MR) is 180 cm³/mol. The first kappa shape index (κ1) is 34.6. The van der Waals surface area contributed by atoms with E-state index in [-0.39, 0.29) is 30.0 Å². The van der Waals surface area contributed by atoms with E-state index in [0.29, 0.717) is 82.8 Å². The van der Waals surface area contributed by atoms with Crippen molar-refractivity contribution in [3.8, 4) is 17.6 Å². The Morgan fingerprint density at radius 3 is 2.77 bits per heavy atom. The molecule has 4 aromatic rings. The minimum atomic E-state index is -0.395. The Morgan fingerprint density at radius 1 is 1.19 bits per heavy atom. The number of carbonyl (C=O) groups is 1. The van der Waals surface area contributed by atoms with E-state index in [0.717, 1.165) is 0 Å². The number of fused-ring (bicyclic) bond motifs is 1. The van der Waals surface area contributed by atoms with Crippen LogP contribution in [-0.4, -0.2) is 63.8 Å². The van der Waals surface area contributed by atoms with Crippen LogP contribution < -0.4 is 25.4 Å². The molecule has 1 amide bonds. The summed E-state index contributed by atoms with van der Waals surface area (Å²) in [6, 6.07) is 16.9. The van der Waals surface area contributed by atoms with Gasteiger partial charge < -0.3 is 39.6 Å². The van der Waals surface area contributed by atoms with Crippen LogP contribution in [0.5, 0.6) is 11.5 Å². The number of halogens is 2. The first-order valence-electron chi connectivity index (χ1n) is 15.2. The molecule has 0 aliphatic carbocycles. The molecule has 3 N–H and O–H groups in total. The van der Waals surface area contributed by atoms with Gasteiger partial charge in [-0.1, -0.05) is 29.8 Å². The van der Waals surface area contributed by atoms with Gasteiger partial charge in [0.25, 0.3) is 0 Å². The lowest BCUT2D eigenvalue weighted by atomic mass is 10.1. The van der Waals surface area contributed by atoms with Crippen molar-refractivity contribution in [1.82, 2.24) is 10.3 Å². The number of nitriles is 1. The molecule has 0 saturated carbocycles. The van der Waals surface area contributed by atoms with Gasteiger partial charge in [-0.25, -0.2) is 4.39 Å². The van der Waals surface area contributed by atoms with Crippen molar-refractivity contribution in [1.29, 1.82) is 5.26 Å². The number of hydrogen-bond donors (Lipinski definition) is 3. The minimum absolute atomic E-state index is 0.136. The Labute approximate surface area is 282 Å². The van der Waals surface area contributed by atoms with Crippen LogP contribution in [0.1, 0.15) is 17.5 Å². The maximum Gasteiger partial charge on any atom is 0.248 e. The van der Waals surface area contributed by atoms with Gasteiger partial charge in [0.15, 0.2) is 6.29 Å². The quantitative estimate of drug-likeness (QED) is 0.0771. The van der Waals surface area contributed by atoms with E-state index in [2.05, 4.69) is 27.0 Å². The molecule has 1 fully saturated rings. The average molecular weight is 676 g/mol. The number of amides is 1. The van der Waals surface area contributed by atoms with E-state index in [1.807, 2.05) is 0 Å². The molecular weight excluding hydrogens is 641 g/mol. The molecular formula is C35H35ClFN5O6. The fourth-order valence-corrected chi connectivity index (χ4v) is 5.17. The molecule has 2 heterocycles. The summed E-state index contributed by atoms with van der Waals surface area (Å²) in [6.07, 6.45) is 4.69. The number of nitrogens with one attached hydrogen (secondary N) is 3. The zero-order valence-corrected chi connectivity index (χ0v) is 27.2. The first-order chi connectivity index (χ1) is 23.4. The second-order valence-electron chi connectivity index (χ2n) is 10.8. The molecule has 5 rings (SSSR count). The molecule has 13 heteroatoms. The van der Waals surface area contributed by atoms with Gasteiger partial charge >= 0.3 is 0 Å². The van der Waals surface area contributed by atoms with E-state index in [9.17, 15) is 14.4 Å². The maximum atomic E-state index is 13.6. The van der Waals surface area contributed by atoms with Crippen LogP contribution in [0.25, 0.3) is 10.9 Å². The highest BCUT2D eigenvalue weighted by atomic mass is 35.5. The molecule has 48 heavy (non-hydrogen) atoms. The molecule has 0 bridgehead atoms. The van der Waals surface area contributed by atoms with E-state index in [1.165, 1.54) is 24.4 Å². The van der Waals surface area contributed by atoms with Crippen LogP contribution in [0, 0.1) is 17.1 Å². The monoisotopic (exact) mass is 675 g/mol. The van der Waals surface area contributed by atoms with Gasteiger partial charge in [-0.05, 0) is 42.0 Å². The van der Waals surface area contributed by atoms with E-state index < -0.39 is 6.29 Å². The van der Waals surface area contributed by atoms with Crippen LogP contribution in [0.15, 0.2) is 72.9 Å². The van der Waals surface area contributed by atoms with Crippen molar-refractivity contribution < 1.29 is 32.9 Å². The highest BCUT2D eigenvalue weighted by Crippen LogP contribution is 2.38. The number of nitrogens with zero attached hydrogens (tertiary/aromatic N) is 2. The number of carbonyl (C=O) groups excluding carboxylic acids is 1. The summed E-state index contributed by atoms with van der Waals surface area (Å²) in [7, 11) is 3.10. The number of benzene rings is 3. The van der Waals surface area contributed by atoms with Crippen molar-refractivity contribution >= 4 is 45.5 Å². The zero-order valence-electron chi connectivity index (χ0n) is 26.4. The lowest BCUT2D eigenvalue weighted by molar-refractivity contribution is -0.111. The summed E-state index contributed by atoms with van der Waals surface area (Å²) in [5.41, 5.74) is 2.91.